The van der Waals surface area contributed by atoms with E-state index >= 15 is 0 Å². The van der Waals surface area contributed by atoms with Crippen molar-refractivity contribution in [2.24, 2.45) is 0 Å². The number of carbonyl (C=O) groups is 2. The van der Waals surface area contributed by atoms with Crippen LogP contribution in [-0.2, 0) is 16.0 Å². The van der Waals surface area contributed by atoms with Crippen molar-refractivity contribution < 1.29 is 28.6 Å². The predicted octanol–water partition coefficient (Wildman–Crippen LogP) is 2.72. The van der Waals surface area contributed by atoms with Crippen LogP contribution >= 0.6 is 0 Å². The molecule has 138 valence electrons. The summed E-state index contributed by atoms with van der Waals surface area (Å²) in [6.45, 7) is 0. The van der Waals surface area contributed by atoms with Crippen molar-refractivity contribution in [1.29, 1.82) is 0 Å². The molecule has 2 N–H and O–H groups in total. The zero-order valence-electron chi connectivity index (χ0n) is 14.5. The number of benzene rings is 2. The average molecular weight is 361 g/mol. The quantitative estimate of drug-likeness (QED) is 0.755. The molecule has 2 aromatic carbocycles. The summed E-state index contributed by atoms with van der Waals surface area (Å²) in [4.78, 5) is 23.5. The van der Waals surface area contributed by atoms with E-state index in [1.807, 2.05) is 0 Å². The summed E-state index contributed by atoms with van der Waals surface area (Å²) in [5.74, 6) is -0.972. The van der Waals surface area contributed by atoms with Gasteiger partial charge in [-0.3, -0.25) is 9.59 Å². The second-order valence-corrected chi connectivity index (χ2v) is 5.63. The minimum Gasteiger partial charge on any atom is -0.497 e. The Morgan fingerprint density at radius 2 is 1.92 bits per heavy atom. The normalized spacial score (nSPS) is 11.5. The fourth-order valence-corrected chi connectivity index (χ4v) is 2.60. The van der Waals surface area contributed by atoms with Gasteiger partial charge in [-0.05, 0) is 29.8 Å². The van der Waals surface area contributed by atoms with Gasteiger partial charge >= 0.3 is 5.97 Å². The zero-order chi connectivity index (χ0) is 19.1. The van der Waals surface area contributed by atoms with Crippen molar-refractivity contribution in [1.82, 2.24) is 5.32 Å². The van der Waals surface area contributed by atoms with E-state index in [-0.39, 0.29) is 12.8 Å². The zero-order valence-corrected chi connectivity index (χ0v) is 14.5. The first kappa shape index (κ1) is 19.2. The molecule has 7 heteroatoms. The second kappa shape index (κ2) is 8.84. The Hall–Kier alpha value is -3.09. The number of hydrogen-bond acceptors (Lipinski definition) is 4. The van der Waals surface area contributed by atoms with Crippen LogP contribution in [0.3, 0.4) is 0 Å². The summed E-state index contributed by atoms with van der Waals surface area (Å²) in [5.41, 5.74) is 1.02. The number of aliphatic carboxylic acids is 1. The number of carbonyl (C=O) groups excluding carboxylic acids is 1. The van der Waals surface area contributed by atoms with Crippen molar-refractivity contribution in [3.63, 3.8) is 0 Å². The van der Waals surface area contributed by atoms with Gasteiger partial charge in [0.05, 0.1) is 33.1 Å². The topological polar surface area (TPSA) is 84.9 Å². The number of rotatable bonds is 8. The third kappa shape index (κ3) is 5.20. The number of halogens is 1. The average Bonchev–Trinajstić information content (AvgIpc) is 2.60. The highest BCUT2D eigenvalue weighted by Gasteiger charge is 2.22. The number of hydrogen-bond donors (Lipinski definition) is 2. The Bertz CT molecular complexity index is 793. The maximum Gasteiger partial charge on any atom is 0.305 e. The van der Waals surface area contributed by atoms with Crippen LogP contribution in [-0.4, -0.2) is 31.2 Å². The Morgan fingerprint density at radius 1 is 1.15 bits per heavy atom. The van der Waals surface area contributed by atoms with E-state index in [0.717, 1.165) is 0 Å². The molecule has 1 atom stereocenters. The molecule has 2 aromatic rings. The molecule has 0 saturated heterocycles. The monoisotopic (exact) mass is 361 g/mol. The van der Waals surface area contributed by atoms with Gasteiger partial charge in [0.1, 0.15) is 17.3 Å². The van der Waals surface area contributed by atoms with Gasteiger partial charge in [0.2, 0.25) is 5.91 Å². The van der Waals surface area contributed by atoms with Gasteiger partial charge in [0.25, 0.3) is 0 Å². The smallest absolute Gasteiger partial charge is 0.305 e. The number of ether oxygens (including phenoxy) is 2. The van der Waals surface area contributed by atoms with Gasteiger partial charge in [-0.25, -0.2) is 4.39 Å². The van der Waals surface area contributed by atoms with E-state index in [0.29, 0.717) is 22.6 Å². The van der Waals surface area contributed by atoms with Crippen molar-refractivity contribution >= 4 is 11.9 Å². The molecular weight excluding hydrogens is 341 g/mol. The fraction of sp³-hybridized carbons (Fsp3) is 0.263. The Balaban J connectivity index is 2.22. The molecule has 6 nitrogen and oxygen atoms in total. The molecule has 0 aromatic heterocycles. The van der Waals surface area contributed by atoms with Crippen LogP contribution < -0.4 is 14.8 Å². The SMILES string of the molecule is COc1ccc(C(CC(=O)O)NC(=O)Cc2cccc(F)c2)c(OC)c1. The number of nitrogens with one attached hydrogen (secondary N) is 1. The second-order valence-electron chi connectivity index (χ2n) is 5.63. The van der Waals surface area contributed by atoms with E-state index in [1.165, 1.54) is 32.4 Å². The van der Waals surface area contributed by atoms with Gasteiger partial charge in [-0.2, -0.15) is 0 Å². The van der Waals surface area contributed by atoms with Gasteiger partial charge in [-0.1, -0.05) is 12.1 Å². The van der Waals surface area contributed by atoms with Crippen LogP contribution in [0.15, 0.2) is 42.5 Å². The van der Waals surface area contributed by atoms with Crippen LogP contribution in [0.25, 0.3) is 0 Å². The van der Waals surface area contributed by atoms with Crippen LogP contribution in [0.2, 0.25) is 0 Å². The number of carboxylic acid groups (broad SMARTS) is 1. The maximum absolute atomic E-state index is 13.2. The standard InChI is InChI=1S/C19H20FNO5/c1-25-14-6-7-15(17(10-14)26-2)16(11-19(23)24)21-18(22)9-12-4-3-5-13(20)8-12/h3-8,10,16H,9,11H2,1-2H3,(H,21,22)(H,23,24). The summed E-state index contributed by atoms with van der Waals surface area (Å²) < 4.78 is 23.7. The van der Waals surface area contributed by atoms with Crippen LogP contribution in [0.4, 0.5) is 4.39 Å². The third-order valence-corrected chi connectivity index (χ3v) is 3.78. The van der Waals surface area contributed by atoms with Gasteiger partial charge in [0.15, 0.2) is 0 Å². The lowest BCUT2D eigenvalue weighted by molar-refractivity contribution is -0.137. The lowest BCUT2D eigenvalue weighted by Gasteiger charge is -2.20. The summed E-state index contributed by atoms with van der Waals surface area (Å²) in [6, 6.07) is 9.81. The molecule has 0 bridgehead atoms. The van der Waals surface area contributed by atoms with Crippen molar-refractivity contribution in [3.8, 4) is 11.5 Å². The van der Waals surface area contributed by atoms with Crippen molar-refractivity contribution in [3.05, 3.63) is 59.4 Å². The Labute approximate surface area is 150 Å². The molecule has 0 fully saturated rings. The van der Waals surface area contributed by atoms with E-state index in [1.54, 1.807) is 24.3 Å². The molecule has 0 aliphatic heterocycles. The minimum atomic E-state index is -1.07. The minimum absolute atomic E-state index is 0.0631. The van der Waals surface area contributed by atoms with E-state index in [2.05, 4.69) is 5.32 Å². The highest BCUT2D eigenvalue weighted by atomic mass is 19.1. The van der Waals surface area contributed by atoms with E-state index in [9.17, 15) is 19.1 Å². The van der Waals surface area contributed by atoms with Crippen molar-refractivity contribution in [2.75, 3.05) is 14.2 Å². The van der Waals surface area contributed by atoms with Gasteiger partial charge in [0, 0.05) is 11.6 Å². The lowest BCUT2D eigenvalue weighted by atomic mass is 10.0. The molecular formula is C19H20FNO5. The molecule has 0 radical (unpaired) electrons. The van der Waals surface area contributed by atoms with Crippen LogP contribution in [0.5, 0.6) is 11.5 Å². The summed E-state index contributed by atoms with van der Waals surface area (Å²) >= 11 is 0. The highest BCUT2D eigenvalue weighted by molar-refractivity contribution is 5.80. The van der Waals surface area contributed by atoms with Gasteiger partial charge in [-0.15, -0.1) is 0 Å². The van der Waals surface area contributed by atoms with E-state index < -0.39 is 23.7 Å². The number of carboxylic acids is 1. The fourth-order valence-electron chi connectivity index (χ4n) is 2.60. The van der Waals surface area contributed by atoms with Crippen LogP contribution in [0.1, 0.15) is 23.6 Å². The summed E-state index contributed by atoms with van der Waals surface area (Å²) in [7, 11) is 2.95. The first-order valence-corrected chi connectivity index (χ1v) is 7.90. The van der Waals surface area contributed by atoms with E-state index in [4.69, 9.17) is 9.47 Å². The van der Waals surface area contributed by atoms with Crippen molar-refractivity contribution in [2.45, 2.75) is 18.9 Å². The van der Waals surface area contributed by atoms with Gasteiger partial charge < -0.3 is 19.9 Å². The Morgan fingerprint density at radius 3 is 2.54 bits per heavy atom. The Kier molecular flexibility index (Phi) is 6.54. The molecule has 1 unspecified atom stereocenters. The molecule has 0 aliphatic carbocycles. The predicted molar refractivity (Wildman–Crippen MR) is 92.8 cm³/mol. The summed E-state index contributed by atoms with van der Waals surface area (Å²) in [6.07, 6.45) is -0.385. The maximum atomic E-state index is 13.2. The molecule has 0 saturated carbocycles. The largest absolute Gasteiger partial charge is 0.497 e. The first-order valence-electron chi connectivity index (χ1n) is 7.90. The van der Waals surface area contributed by atoms with Crippen LogP contribution in [0, 0.1) is 5.82 Å². The number of amides is 1. The molecule has 2 rings (SSSR count). The summed E-state index contributed by atoms with van der Waals surface area (Å²) in [5, 5.41) is 11.9. The lowest BCUT2D eigenvalue weighted by Crippen LogP contribution is -2.31. The molecule has 0 aliphatic rings. The first-order chi connectivity index (χ1) is 12.4. The molecule has 1 amide bonds. The molecule has 0 heterocycles. The molecule has 26 heavy (non-hydrogen) atoms. The third-order valence-electron chi connectivity index (χ3n) is 3.78. The number of methoxy groups -OCH3 is 2. The molecule has 0 spiro atoms. The highest BCUT2D eigenvalue weighted by Crippen LogP contribution is 2.31.